The third-order valence-electron chi connectivity index (χ3n) is 5.09. The van der Waals surface area contributed by atoms with Crippen LogP contribution in [0.15, 0.2) is 36.9 Å². The van der Waals surface area contributed by atoms with E-state index in [1.807, 2.05) is 0 Å². The highest BCUT2D eigenvalue weighted by Gasteiger charge is 2.56. The van der Waals surface area contributed by atoms with E-state index in [4.69, 9.17) is 10.5 Å². The van der Waals surface area contributed by atoms with Crippen molar-refractivity contribution in [2.75, 3.05) is 12.3 Å². The van der Waals surface area contributed by atoms with Crippen LogP contribution in [-0.2, 0) is 16.9 Å². The minimum Gasteiger partial charge on any atom is -0.406 e. The number of imidazole rings is 1. The molecule has 4 atom stereocenters. The number of benzene rings is 1. The maximum atomic E-state index is 12.4. The topological polar surface area (TPSA) is 149 Å². The number of nitrogens with two attached hydrogens (primary N) is 1. The normalized spacial score (nSPS) is 26.5. The second-order valence-corrected chi connectivity index (χ2v) is 7.03. The zero-order valence-corrected chi connectivity index (χ0v) is 15.8. The molecular formula is C18H18F3N5O5. The van der Waals surface area contributed by atoms with Gasteiger partial charge in [0, 0.05) is 6.42 Å². The third-order valence-corrected chi connectivity index (χ3v) is 5.09. The van der Waals surface area contributed by atoms with Gasteiger partial charge in [0.25, 0.3) is 0 Å². The molecule has 1 aliphatic heterocycles. The summed E-state index contributed by atoms with van der Waals surface area (Å²) in [5.74, 6) is -0.334. The summed E-state index contributed by atoms with van der Waals surface area (Å²) in [5.41, 5.74) is 5.02. The Balaban J connectivity index is 1.76. The highest BCUT2D eigenvalue weighted by Crippen LogP contribution is 2.40. The Morgan fingerprint density at radius 1 is 1.16 bits per heavy atom. The lowest BCUT2D eigenvalue weighted by molar-refractivity contribution is -0.274. The van der Waals surface area contributed by atoms with Crippen LogP contribution in [0.2, 0.25) is 0 Å². The summed E-state index contributed by atoms with van der Waals surface area (Å²) < 4.78 is 48.4. The Hall–Kier alpha value is -3.00. The fraction of sp³-hybridized carbons (Fsp3) is 0.389. The lowest BCUT2D eigenvalue weighted by Crippen LogP contribution is -2.47. The van der Waals surface area contributed by atoms with Crippen LogP contribution in [0.25, 0.3) is 11.2 Å². The molecular weight excluding hydrogens is 423 g/mol. The minimum absolute atomic E-state index is 0.0827. The molecule has 0 bridgehead atoms. The average molecular weight is 441 g/mol. The molecule has 1 fully saturated rings. The summed E-state index contributed by atoms with van der Waals surface area (Å²) in [6.07, 6.45) is -6.57. The van der Waals surface area contributed by atoms with Crippen molar-refractivity contribution in [1.29, 1.82) is 0 Å². The molecule has 5 N–H and O–H groups in total. The van der Waals surface area contributed by atoms with E-state index in [2.05, 4.69) is 19.7 Å². The predicted molar refractivity (Wildman–Crippen MR) is 98.5 cm³/mol. The van der Waals surface area contributed by atoms with Crippen molar-refractivity contribution >= 4 is 17.0 Å². The largest absolute Gasteiger partial charge is 0.573 e. The molecule has 0 unspecified atom stereocenters. The van der Waals surface area contributed by atoms with E-state index >= 15 is 0 Å². The van der Waals surface area contributed by atoms with Gasteiger partial charge in [-0.2, -0.15) is 0 Å². The highest BCUT2D eigenvalue weighted by atomic mass is 19.4. The van der Waals surface area contributed by atoms with E-state index in [0.717, 1.165) is 12.1 Å². The maximum absolute atomic E-state index is 12.4. The van der Waals surface area contributed by atoms with E-state index in [1.165, 1.54) is 29.4 Å². The second-order valence-electron chi connectivity index (χ2n) is 7.03. The van der Waals surface area contributed by atoms with Gasteiger partial charge >= 0.3 is 6.36 Å². The molecule has 13 heteroatoms. The molecule has 166 valence electrons. The highest BCUT2D eigenvalue weighted by molar-refractivity contribution is 5.81. The Kier molecular flexibility index (Phi) is 5.21. The zero-order valence-electron chi connectivity index (χ0n) is 15.8. The molecule has 0 radical (unpaired) electrons. The first-order chi connectivity index (χ1) is 14.6. The quantitative estimate of drug-likeness (QED) is 0.439. The van der Waals surface area contributed by atoms with Gasteiger partial charge in [-0.15, -0.1) is 13.2 Å². The van der Waals surface area contributed by atoms with Crippen molar-refractivity contribution in [3.63, 3.8) is 0 Å². The van der Waals surface area contributed by atoms with Crippen molar-refractivity contribution in [2.24, 2.45) is 0 Å². The monoisotopic (exact) mass is 441 g/mol. The first kappa shape index (κ1) is 21.2. The van der Waals surface area contributed by atoms with Gasteiger partial charge in [0.05, 0.1) is 12.9 Å². The van der Waals surface area contributed by atoms with Crippen LogP contribution in [0.4, 0.5) is 19.0 Å². The van der Waals surface area contributed by atoms with Crippen LogP contribution in [-0.4, -0.2) is 66.1 Å². The van der Waals surface area contributed by atoms with Gasteiger partial charge in [-0.1, -0.05) is 12.1 Å². The smallest absolute Gasteiger partial charge is 0.406 e. The summed E-state index contributed by atoms with van der Waals surface area (Å²) in [6, 6.07) is 4.95. The SMILES string of the molecule is Nc1ncnc2c1ncn2[C@]1(Cc2ccc(OC(F)(F)F)cc2)O[C@H](CO)[C@@H](O)[C@H]1O. The number of aliphatic hydroxyl groups excluding tert-OH is 3. The summed E-state index contributed by atoms with van der Waals surface area (Å²) in [7, 11) is 0. The summed E-state index contributed by atoms with van der Waals surface area (Å²) in [4.78, 5) is 12.1. The second kappa shape index (κ2) is 7.60. The molecule has 0 amide bonds. The van der Waals surface area contributed by atoms with Crippen LogP contribution in [0.5, 0.6) is 5.75 Å². The van der Waals surface area contributed by atoms with Crippen LogP contribution in [0.1, 0.15) is 5.56 Å². The van der Waals surface area contributed by atoms with Crippen molar-refractivity contribution in [3.05, 3.63) is 42.5 Å². The molecule has 1 aliphatic rings. The van der Waals surface area contributed by atoms with Crippen molar-refractivity contribution in [3.8, 4) is 5.75 Å². The molecule has 1 aromatic carbocycles. The number of alkyl halides is 3. The Morgan fingerprint density at radius 2 is 1.87 bits per heavy atom. The summed E-state index contributed by atoms with van der Waals surface area (Å²) >= 11 is 0. The van der Waals surface area contributed by atoms with Gasteiger partial charge in [0.1, 0.15) is 35.9 Å². The number of aliphatic hydroxyl groups is 3. The number of fused-ring (bicyclic) bond motifs is 1. The van der Waals surface area contributed by atoms with Gasteiger partial charge < -0.3 is 30.5 Å². The first-order valence-corrected chi connectivity index (χ1v) is 9.08. The van der Waals surface area contributed by atoms with Crippen molar-refractivity contribution < 1.29 is 38.0 Å². The average Bonchev–Trinajstić information content (AvgIpc) is 3.25. The third kappa shape index (κ3) is 3.76. The standard InChI is InChI=1S/C18H18F3N5O5/c19-18(20,21)30-10-3-1-9(2-4-10)5-17(14(29)13(28)11(6-27)31-17)26-8-25-12-15(22)23-7-24-16(12)26/h1-4,7-8,11,13-14,27-29H,5-6H2,(H2,22,23,24)/t11-,13-,14-,17-/m1/s1. The molecule has 2 aromatic heterocycles. The fourth-order valence-corrected chi connectivity index (χ4v) is 3.68. The van der Waals surface area contributed by atoms with E-state index in [0.29, 0.717) is 5.56 Å². The molecule has 0 spiro atoms. The molecule has 3 aromatic rings. The van der Waals surface area contributed by atoms with Crippen LogP contribution in [0.3, 0.4) is 0 Å². The van der Waals surface area contributed by atoms with Crippen LogP contribution in [0, 0.1) is 0 Å². The van der Waals surface area contributed by atoms with Crippen molar-refractivity contribution in [1.82, 2.24) is 19.5 Å². The van der Waals surface area contributed by atoms with Crippen LogP contribution < -0.4 is 10.5 Å². The number of hydrogen-bond acceptors (Lipinski definition) is 9. The number of hydrogen-bond donors (Lipinski definition) is 4. The Bertz CT molecular complexity index is 1080. The number of nitrogens with zero attached hydrogens (tertiary/aromatic N) is 4. The minimum atomic E-state index is -4.83. The van der Waals surface area contributed by atoms with Gasteiger partial charge in [-0.3, -0.25) is 4.57 Å². The molecule has 0 saturated carbocycles. The number of halogens is 3. The molecule has 0 aliphatic carbocycles. The fourth-order valence-electron chi connectivity index (χ4n) is 3.68. The van der Waals surface area contributed by atoms with Gasteiger partial charge in [-0.25, -0.2) is 15.0 Å². The number of aromatic nitrogens is 4. The number of ether oxygens (including phenoxy) is 2. The van der Waals surface area contributed by atoms with Gasteiger partial charge in [-0.05, 0) is 17.7 Å². The number of rotatable bonds is 5. The van der Waals surface area contributed by atoms with E-state index in [1.54, 1.807) is 0 Å². The predicted octanol–water partition coefficient (Wildman–Crippen LogP) is 0.315. The Labute approximate surface area is 172 Å². The maximum Gasteiger partial charge on any atom is 0.573 e. The molecule has 3 heterocycles. The molecule has 1 saturated heterocycles. The summed E-state index contributed by atoms with van der Waals surface area (Å²) in [6.45, 7) is -0.581. The summed E-state index contributed by atoms with van der Waals surface area (Å²) in [5, 5.41) is 30.9. The number of anilines is 1. The molecule has 10 nitrogen and oxygen atoms in total. The van der Waals surface area contributed by atoms with E-state index < -0.39 is 42.8 Å². The zero-order chi connectivity index (χ0) is 22.4. The van der Waals surface area contributed by atoms with E-state index in [-0.39, 0.29) is 23.4 Å². The lowest BCUT2D eigenvalue weighted by Gasteiger charge is -2.34. The molecule has 31 heavy (non-hydrogen) atoms. The van der Waals surface area contributed by atoms with Gasteiger partial charge in [0.2, 0.25) is 0 Å². The number of nitrogen functional groups attached to an aromatic ring is 1. The van der Waals surface area contributed by atoms with E-state index in [9.17, 15) is 28.5 Å². The van der Waals surface area contributed by atoms with Crippen LogP contribution >= 0.6 is 0 Å². The Morgan fingerprint density at radius 3 is 2.48 bits per heavy atom. The molecule has 4 rings (SSSR count). The van der Waals surface area contributed by atoms with Crippen molar-refractivity contribution in [2.45, 2.75) is 36.8 Å². The first-order valence-electron chi connectivity index (χ1n) is 9.08. The lowest BCUT2D eigenvalue weighted by atomic mass is 9.94. The van der Waals surface area contributed by atoms with Gasteiger partial charge in [0.15, 0.2) is 17.2 Å².